The summed E-state index contributed by atoms with van der Waals surface area (Å²) in [5.74, 6) is 1.68. The summed E-state index contributed by atoms with van der Waals surface area (Å²) in [4.78, 5) is 4.95. The molecule has 0 aliphatic carbocycles. The van der Waals surface area contributed by atoms with Crippen LogP contribution in [0.5, 0.6) is 11.5 Å². The number of nitrogens with zero attached hydrogens (tertiary/aromatic N) is 3. The second-order valence-corrected chi connectivity index (χ2v) is 10.0. The number of aromatic nitrogens is 2. The van der Waals surface area contributed by atoms with Crippen molar-refractivity contribution in [2.75, 3.05) is 24.6 Å². The molecule has 0 radical (unpaired) electrons. The smallest absolute Gasteiger partial charge is 0.269 e. The van der Waals surface area contributed by atoms with E-state index in [-0.39, 0.29) is 10.8 Å². The van der Waals surface area contributed by atoms with Gasteiger partial charge in [-0.1, -0.05) is 29.4 Å². The molecule has 0 spiro atoms. The molecule has 1 aliphatic rings. The van der Waals surface area contributed by atoms with Gasteiger partial charge in [-0.25, -0.2) is 8.42 Å². The molecule has 0 bridgehead atoms. The lowest BCUT2D eigenvalue weighted by Crippen LogP contribution is -2.27. The van der Waals surface area contributed by atoms with Crippen LogP contribution in [0.3, 0.4) is 0 Å². The third-order valence-electron chi connectivity index (χ3n) is 5.16. The average molecular weight is 470 g/mol. The van der Waals surface area contributed by atoms with E-state index < -0.39 is 10.0 Å². The van der Waals surface area contributed by atoms with E-state index >= 15 is 0 Å². The molecule has 164 valence electrons. The summed E-state index contributed by atoms with van der Waals surface area (Å²) in [5.41, 5.74) is 2.28. The van der Waals surface area contributed by atoms with E-state index in [1.54, 1.807) is 29.6 Å². The number of hydrogen-bond donors (Lipinski definition) is 0. The van der Waals surface area contributed by atoms with Crippen LogP contribution in [0.2, 0.25) is 0 Å². The van der Waals surface area contributed by atoms with E-state index in [1.165, 1.54) is 22.7 Å². The Morgan fingerprint density at radius 1 is 1.03 bits per heavy atom. The summed E-state index contributed by atoms with van der Waals surface area (Å²) < 4.78 is 44.7. The molecule has 0 unspecified atom stereocenters. The number of fused-ring (bicyclic) bond motifs is 1. The van der Waals surface area contributed by atoms with Crippen LogP contribution in [0.4, 0.5) is 5.69 Å². The maximum atomic E-state index is 13.5. The van der Waals surface area contributed by atoms with Crippen LogP contribution in [0, 0.1) is 6.92 Å². The molecule has 4 aromatic rings. The van der Waals surface area contributed by atoms with Gasteiger partial charge in [-0.2, -0.15) is 4.98 Å². The third kappa shape index (κ3) is 3.51. The maximum Gasteiger partial charge on any atom is 0.269 e. The van der Waals surface area contributed by atoms with Crippen LogP contribution in [0.1, 0.15) is 5.56 Å². The molecule has 10 heteroatoms. The molecule has 2 aromatic carbocycles. The Kier molecular flexibility index (Phi) is 5.10. The van der Waals surface area contributed by atoms with Gasteiger partial charge in [-0.05, 0) is 36.1 Å². The minimum absolute atomic E-state index is 0.0971. The van der Waals surface area contributed by atoms with Gasteiger partial charge in [-0.3, -0.25) is 4.31 Å². The number of benzene rings is 2. The van der Waals surface area contributed by atoms with Crippen LogP contribution in [0.25, 0.3) is 22.2 Å². The molecule has 1 aliphatic heterocycles. The molecule has 0 saturated heterocycles. The molecule has 0 saturated carbocycles. The molecule has 2 aromatic heterocycles. The summed E-state index contributed by atoms with van der Waals surface area (Å²) in [7, 11) is -2.40. The van der Waals surface area contributed by atoms with Crippen molar-refractivity contribution in [3.05, 3.63) is 59.5 Å². The number of rotatable bonds is 5. The van der Waals surface area contributed by atoms with Gasteiger partial charge in [0.1, 0.15) is 23.0 Å². The van der Waals surface area contributed by atoms with E-state index in [9.17, 15) is 8.42 Å². The van der Waals surface area contributed by atoms with Crippen molar-refractivity contribution < 1.29 is 22.4 Å². The van der Waals surface area contributed by atoms with Crippen molar-refractivity contribution in [3.8, 4) is 33.7 Å². The highest BCUT2D eigenvalue weighted by atomic mass is 32.2. The number of thiophene rings is 1. The predicted octanol–water partition coefficient (Wildman–Crippen LogP) is 4.37. The van der Waals surface area contributed by atoms with Crippen LogP contribution in [0.15, 0.2) is 63.3 Å². The zero-order valence-electron chi connectivity index (χ0n) is 17.3. The summed E-state index contributed by atoms with van der Waals surface area (Å²) in [6, 6.07) is 14.2. The Morgan fingerprint density at radius 2 is 1.81 bits per heavy atom. The van der Waals surface area contributed by atoms with Crippen molar-refractivity contribution in [2.24, 2.45) is 0 Å². The molecular formula is C22H19N3O5S2. The van der Waals surface area contributed by atoms with Gasteiger partial charge in [-0.15, -0.1) is 11.3 Å². The highest BCUT2D eigenvalue weighted by Gasteiger charge is 2.29. The molecule has 0 fully saturated rings. The van der Waals surface area contributed by atoms with E-state index in [0.29, 0.717) is 41.1 Å². The monoisotopic (exact) mass is 469 g/mol. The van der Waals surface area contributed by atoms with Gasteiger partial charge in [0.25, 0.3) is 15.9 Å². The first-order valence-electron chi connectivity index (χ1n) is 9.81. The average Bonchev–Trinajstić information content (AvgIpc) is 3.48. The van der Waals surface area contributed by atoms with Crippen LogP contribution in [-0.4, -0.2) is 38.8 Å². The van der Waals surface area contributed by atoms with Gasteiger partial charge < -0.3 is 14.0 Å². The van der Waals surface area contributed by atoms with Gasteiger partial charge in [0.2, 0.25) is 5.82 Å². The molecule has 32 heavy (non-hydrogen) atoms. The van der Waals surface area contributed by atoms with E-state index in [4.69, 9.17) is 14.0 Å². The molecule has 0 N–H and O–H groups in total. The second-order valence-electron chi connectivity index (χ2n) is 7.15. The molecular weight excluding hydrogens is 450 g/mol. The number of ether oxygens (including phenoxy) is 2. The van der Waals surface area contributed by atoms with Gasteiger partial charge in [0.05, 0.1) is 5.69 Å². The fourth-order valence-electron chi connectivity index (χ4n) is 3.42. The van der Waals surface area contributed by atoms with Crippen molar-refractivity contribution in [1.29, 1.82) is 0 Å². The largest absolute Gasteiger partial charge is 0.486 e. The quantitative estimate of drug-likeness (QED) is 0.428. The van der Waals surface area contributed by atoms with Crippen molar-refractivity contribution in [3.63, 3.8) is 0 Å². The fraction of sp³-hybridized carbons (Fsp3) is 0.182. The standard InChI is InChI=1S/C22H19N3O5S2/c1-14-5-3-4-6-16(14)21-23-22(30-24-21)20-19(9-12-31-20)32(26,27)25(2)15-7-8-17-18(13-15)29-11-10-28-17/h3-9,12-13H,10-11H2,1-2H3. The number of aryl methyl sites for hydroxylation is 1. The van der Waals surface area contributed by atoms with Crippen LogP contribution >= 0.6 is 11.3 Å². The summed E-state index contributed by atoms with van der Waals surface area (Å²) in [6.07, 6.45) is 0. The van der Waals surface area contributed by atoms with E-state index in [2.05, 4.69) is 10.1 Å². The lowest BCUT2D eigenvalue weighted by Gasteiger charge is -2.23. The summed E-state index contributed by atoms with van der Waals surface area (Å²) >= 11 is 1.23. The van der Waals surface area contributed by atoms with Gasteiger partial charge in [0, 0.05) is 18.7 Å². The van der Waals surface area contributed by atoms with Crippen molar-refractivity contribution >= 4 is 27.0 Å². The number of sulfonamides is 1. The zero-order valence-corrected chi connectivity index (χ0v) is 18.9. The fourth-order valence-corrected chi connectivity index (χ4v) is 5.92. The highest BCUT2D eigenvalue weighted by Crippen LogP contribution is 2.38. The normalized spacial score (nSPS) is 13.2. The molecule has 8 nitrogen and oxygen atoms in total. The molecule has 0 atom stereocenters. The molecule has 5 rings (SSSR count). The van der Waals surface area contributed by atoms with Crippen molar-refractivity contribution in [1.82, 2.24) is 10.1 Å². The lowest BCUT2D eigenvalue weighted by molar-refractivity contribution is 0.171. The number of hydrogen-bond acceptors (Lipinski definition) is 8. The Bertz CT molecular complexity index is 1390. The van der Waals surface area contributed by atoms with Gasteiger partial charge >= 0.3 is 0 Å². The Balaban J connectivity index is 1.49. The highest BCUT2D eigenvalue weighted by molar-refractivity contribution is 7.93. The first-order valence-corrected chi connectivity index (χ1v) is 12.1. The first-order chi connectivity index (χ1) is 15.4. The SMILES string of the molecule is Cc1ccccc1-c1noc(-c2sccc2S(=O)(=O)N(C)c2ccc3c(c2)OCCO3)n1. The van der Waals surface area contributed by atoms with E-state index in [0.717, 1.165) is 11.1 Å². The summed E-state index contributed by atoms with van der Waals surface area (Å²) in [6.45, 7) is 2.84. The zero-order chi connectivity index (χ0) is 22.3. The Morgan fingerprint density at radius 3 is 2.62 bits per heavy atom. The minimum atomic E-state index is -3.90. The minimum Gasteiger partial charge on any atom is -0.486 e. The predicted molar refractivity (Wildman–Crippen MR) is 121 cm³/mol. The lowest BCUT2D eigenvalue weighted by atomic mass is 10.1. The Labute approximate surface area is 189 Å². The van der Waals surface area contributed by atoms with E-state index in [1.807, 2.05) is 31.2 Å². The van der Waals surface area contributed by atoms with Crippen LogP contribution < -0.4 is 13.8 Å². The maximum absolute atomic E-state index is 13.5. The number of anilines is 1. The second kappa shape index (κ2) is 7.95. The third-order valence-corrected chi connectivity index (χ3v) is 8.02. The van der Waals surface area contributed by atoms with Crippen LogP contribution in [-0.2, 0) is 10.0 Å². The molecule has 0 amide bonds. The first kappa shape index (κ1) is 20.5. The topological polar surface area (TPSA) is 94.8 Å². The molecule has 3 heterocycles. The Hall–Kier alpha value is -3.37. The van der Waals surface area contributed by atoms with Gasteiger partial charge in [0.15, 0.2) is 11.5 Å². The van der Waals surface area contributed by atoms with Crippen molar-refractivity contribution in [2.45, 2.75) is 11.8 Å². The summed E-state index contributed by atoms with van der Waals surface area (Å²) in [5, 5.41) is 5.75.